The maximum atomic E-state index is 12.9. The molecule has 152 valence electrons. The summed E-state index contributed by atoms with van der Waals surface area (Å²) >= 11 is 0. The van der Waals surface area contributed by atoms with Crippen LogP contribution in [0.5, 0.6) is 5.75 Å². The lowest BCUT2D eigenvalue weighted by atomic mass is 9.92. The van der Waals surface area contributed by atoms with Crippen LogP contribution in [0.3, 0.4) is 0 Å². The van der Waals surface area contributed by atoms with Crippen LogP contribution in [-0.4, -0.2) is 46.1 Å². The molecule has 1 fully saturated rings. The molecular weight excluding hydrogens is 378 g/mol. The number of nitrogens with one attached hydrogen (secondary N) is 1. The van der Waals surface area contributed by atoms with Gasteiger partial charge in [0.25, 0.3) is 11.6 Å². The van der Waals surface area contributed by atoms with Gasteiger partial charge in [-0.05, 0) is 49.2 Å². The second kappa shape index (κ2) is 7.88. The van der Waals surface area contributed by atoms with E-state index in [0.29, 0.717) is 11.3 Å². The molecule has 2 N–H and O–H groups in total. The summed E-state index contributed by atoms with van der Waals surface area (Å²) in [6.45, 7) is 3.10. The molecular formula is C20H21N3O6. The first-order chi connectivity index (χ1) is 13.7. The largest absolute Gasteiger partial charge is 0.491 e. The van der Waals surface area contributed by atoms with Gasteiger partial charge in [0.15, 0.2) is 0 Å². The Kier molecular flexibility index (Phi) is 5.51. The molecule has 0 aliphatic carbocycles. The quantitative estimate of drug-likeness (QED) is 0.418. The number of imide groups is 1. The van der Waals surface area contributed by atoms with Crippen molar-refractivity contribution < 1.29 is 24.4 Å². The predicted octanol–water partition coefficient (Wildman–Crippen LogP) is 2.11. The molecule has 29 heavy (non-hydrogen) atoms. The Morgan fingerprint density at radius 1 is 1.24 bits per heavy atom. The first-order valence-electron chi connectivity index (χ1n) is 8.97. The molecule has 0 radical (unpaired) electrons. The minimum Gasteiger partial charge on any atom is -0.491 e. The predicted molar refractivity (Wildman–Crippen MR) is 103 cm³/mol. The van der Waals surface area contributed by atoms with Crippen LogP contribution in [0.1, 0.15) is 18.1 Å². The number of carbonyl (C=O) groups is 2. The fourth-order valence-corrected chi connectivity index (χ4v) is 3.14. The molecule has 3 amide bonds. The minimum atomic E-state index is -1.37. The first kappa shape index (κ1) is 20.3. The number of hydrogen-bond donors (Lipinski definition) is 2. The summed E-state index contributed by atoms with van der Waals surface area (Å²) in [4.78, 5) is 36.4. The zero-order valence-electron chi connectivity index (χ0n) is 16.0. The number of hydrogen-bond acceptors (Lipinski definition) is 6. The van der Waals surface area contributed by atoms with Gasteiger partial charge in [0.2, 0.25) is 0 Å². The molecule has 3 rings (SSSR count). The van der Waals surface area contributed by atoms with Crippen LogP contribution in [0, 0.1) is 17.0 Å². The van der Waals surface area contributed by atoms with Crippen LogP contribution >= 0.6 is 0 Å². The van der Waals surface area contributed by atoms with Crippen molar-refractivity contribution in [1.29, 1.82) is 0 Å². The van der Waals surface area contributed by atoms with E-state index in [0.717, 1.165) is 10.5 Å². The first-order valence-corrected chi connectivity index (χ1v) is 8.97. The lowest BCUT2D eigenvalue weighted by Gasteiger charge is -2.23. The zero-order chi connectivity index (χ0) is 21.2. The fourth-order valence-electron chi connectivity index (χ4n) is 3.14. The fraction of sp³-hybridized carbons (Fsp3) is 0.300. The van der Waals surface area contributed by atoms with Gasteiger partial charge >= 0.3 is 6.03 Å². The average molecular weight is 399 g/mol. The van der Waals surface area contributed by atoms with E-state index in [-0.39, 0.29) is 18.8 Å². The van der Waals surface area contributed by atoms with Crippen molar-refractivity contribution in [3.8, 4) is 5.75 Å². The number of ether oxygens (including phenoxy) is 1. The SMILES string of the molecule is Cc1cccc(OC[C@H](O)CN2C(=O)N[C@](C)(c3ccc([N+](=O)[O-])cc3)C2=O)c1. The van der Waals surface area contributed by atoms with Gasteiger partial charge in [-0.15, -0.1) is 0 Å². The van der Waals surface area contributed by atoms with Gasteiger partial charge in [0.05, 0.1) is 11.5 Å². The highest BCUT2D eigenvalue weighted by Crippen LogP contribution is 2.30. The molecule has 1 aliphatic rings. The Balaban J connectivity index is 1.67. The monoisotopic (exact) mass is 399 g/mol. The van der Waals surface area contributed by atoms with E-state index >= 15 is 0 Å². The lowest BCUT2D eigenvalue weighted by Crippen LogP contribution is -2.42. The summed E-state index contributed by atoms with van der Waals surface area (Å²) < 4.78 is 5.52. The van der Waals surface area contributed by atoms with Crippen LogP contribution in [0.2, 0.25) is 0 Å². The van der Waals surface area contributed by atoms with Crippen LogP contribution in [0.4, 0.5) is 10.5 Å². The third kappa shape index (κ3) is 4.19. The molecule has 2 aromatic carbocycles. The van der Waals surface area contributed by atoms with Crippen molar-refractivity contribution in [3.05, 3.63) is 69.8 Å². The van der Waals surface area contributed by atoms with Crippen molar-refractivity contribution in [3.63, 3.8) is 0 Å². The number of nitro benzene ring substituents is 1. The van der Waals surface area contributed by atoms with Gasteiger partial charge in [-0.1, -0.05) is 12.1 Å². The molecule has 9 nitrogen and oxygen atoms in total. The van der Waals surface area contributed by atoms with Gasteiger partial charge in [-0.2, -0.15) is 0 Å². The van der Waals surface area contributed by atoms with Gasteiger partial charge in [-0.3, -0.25) is 19.8 Å². The Bertz CT molecular complexity index is 945. The number of nitro groups is 1. The Labute approximate surface area is 167 Å². The third-order valence-corrected chi connectivity index (χ3v) is 4.76. The number of aliphatic hydroxyl groups is 1. The zero-order valence-corrected chi connectivity index (χ0v) is 16.0. The molecule has 0 spiro atoms. The average Bonchev–Trinajstić information content (AvgIpc) is 2.90. The van der Waals surface area contributed by atoms with E-state index in [1.807, 2.05) is 25.1 Å². The van der Waals surface area contributed by atoms with Gasteiger partial charge in [0, 0.05) is 12.1 Å². The summed E-state index contributed by atoms with van der Waals surface area (Å²) in [6, 6.07) is 12.0. The highest BCUT2D eigenvalue weighted by atomic mass is 16.6. The van der Waals surface area contributed by atoms with Crippen molar-refractivity contribution in [1.82, 2.24) is 10.2 Å². The number of rotatable bonds is 7. The molecule has 0 unspecified atom stereocenters. The number of amides is 3. The summed E-state index contributed by atoms with van der Waals surface area (Å²) in [6.07, 6.45) is -1.08. The number of aliphatic hydroxyl groups excluding tert-OH is 1. The topological polar surface area (TPSA) is 122 Å². The Morgan fingerprint density at radius 2 is 1.93 bits per heavy atom. The molecule has 9 heteroatoms. The summed E-state index contributed by atoms with van der Waals surface area (Å²) in [5.41, 5.74) is -0.0716. The number of nitrogens with zero attached hydrogens (tertiary/aromatic N) is 2. The molecule has 0 saturated carbocycles. The number of benzene rings is 2. The van der Waals surface area contributed by atoms with Crippen molar-refractivity contribution in [2.45, 2.75) is 25.5 Å². The van der Waals surface area contributed by atoms with E-state index in [9.17, 15) is 24.8 Å². The second-order valence-electron chi connectivity index (χ2n) is 7.06. The molecule has 0 aromatic heterocycles. The maximum absolute atomic E-state index is 12.9. The number of carbonyl (C=O) groups excluding carboxylic acids is 2. The second-order valence-corrected chi connectivity index (χ2v) is 7.06. The van der Waals surface area contributed by atoms with Gasteiger partial charge < -0.3 is 15.2 Å². The van der Waals surface area contributed by atoms with Crippen LogP contribution in [0.15, 0.2) is 48.5 Å². The summed E-state index contributed by atoms with van der Waals surface area (Å²) in [5.74, 6) is 0.0305. The Morgan fingerprint density at radius 3 is 2.55 bits per heavy atom. The van der Waals surface area contributed by atoms with E-state index in [1.165, 1.54) is 31.2 Å². The van der Waals surface area contributed by atoms with E-state index in [2.05, 4.69) is 5.32 Å². The number of β-amino-alcohol motifs (C(OH)–C–C–N with tert-alkyl or cyclic N) is 1. The van der Waals surface area contributed by atoms with Crippen LogP contribution in [0.25, 0.3) is 0 Å². The highest BCUT2D eigenvalue weighted by molar-refractivity contribution is 6.07. The van der Waals surface area contributed by atoms with Crippen LogP contribution < -0.4 is 10.1 Å². The lowest BCUT2D eigenvalue weighted by molar-refractivity contribution is -0.384. The van der Waals surface area contributed by atoms with Gasteiger partial charge in [0.1, 0.15) is 24.0 Å². The maximum Gasteiger partial charge on any atom is 0.325 e. The van der Waals surface area contributed by atoms with Gasteiger partial charge in [-0.25, -0.2) is 4.79 Å². The summed E-state index contributed by atoms with van der Waals surface area (Å²) in [5, 5.41) is 23.6. The number of urea groups is 1. The van der Waals surface area contributed by atoms with E-state index in [1.54, 1.807) is 6.07 Å². The molecule has 1 aliphatic heterocycles. The minimum absolute atomic E-state index is 0.0885. The molecule has 2 atom stereocenters. The standard InChI is InChI=1S/C20H21N3O6/c1-13-4-3-5-17(10-13)29-12-16(24)11-22-18(25)20(2,21-19(22)26)14-6-8-15(9-7-14)23(27)28/h3-10,16,24H,11-12H2,1-2H3,(H,21,26)/t16-,20-/m1/s1. The van der Waals surface area contributed by atoms with Crippen molar-refractivity contribution >= 4 is 17.6 Å². The smallest absolute Gasteiger partial charge is 0.325 e. The third-order valence-electron chi connectivity index (χ3n) is 4.76. The summed E-state index contributed by atoms with van der Waals surface area (Å²) in [7, 11) is 0. The normalized spacial score (nSPS) is 19.8. The molecule has 1 saturated heterocycles. The van der Waals surface area contributed by atoms with Crippen molar-refractivity contribution in [2.24, 2.45) is 0 Å². The van der Waals surface area contributed by atoms with Crippen LogP contribution in [-0.2, 0) is 10.3 Å². The molecule has 0 bridgehead atoms. The highest BCUT2D eigenvalue weighted by Gasteiger charge is 2.49. The number of aryl methyl sites for hydroxylation is 1. The molecule has 2 aromatic rings. The van der Waals surface area contributed by atoms with E-state index in [4.69, 9.17) is 4.74 Å². The van der Waals surface area contributed by atoms with E-state index < -0.39 is 28.5 Å². The number of non-ortho nitro benzene ring substituents is 1. The molecule has 1 heterocycles. The van der Waals surface area contributed by atoms with Crippen molar-refractivity contribution in [2.75, 3.05) is 13.2 Å². The Hall–Kier alpha value is -3.46.